The van der Waals surface area contributed by atoms with Gasteiger partial charge in [-0.3, -0.25) is 0 Å². The maximum atomic E-state index is 13.7. The molecule has 0 spiro atoms. The summed E-state index contributed by atoms with van der Waals surface area (Å²) in [7, 11) is -2.22. The van der Waals surface area contributed by atoms with Gasteiger partial charge in [0.2, 0.25) is 0 Å². The molecule has 0 fully saturated rings. The molecule has 2 unspecified atom stereocenters. The van der Waals surface area contributed by atoms with Crippen molar-refractivity contribution in [1.29, 1.82) is 0 Å². The molecule has 0 amide bonds. The van der Waals surface area contributed by atoms with Gasteiger partial charge in [-0.15, -0.1) is 0 Å². The fourth-order valence-electron chi connectivity index (χ4n) is 3.15. The molecule has 26 heavy (non-hydrogen) atoms. The van der Waals surface area contributed by atoms with Gasteiger partial charge in [-0.25, -0.2) is 0 Å². The second-order valence-electron chi connectivity index (χ2n) is 6.20. The first-order chi connectivity index (χ1) is 12.4. The van der Waals surface area contributed by atoms with Gasteiger partial charge in [-0.1, -0.05) is 38.1 Å². The summed E-state index contributed by atoms with van der Waals surface area (Å²) in [5.41, 5.74) is 0. The molecule has 142 valence electrons. The number of hydrogen-bond donors (Lipinski definition) is 0. The quantitative estimate of drug-likeness (QED) is 0.591. The molecule has 0 N–H and O–H groups in total. The van der Waals surface area contributed by atoms with Crippen LogP contribution in [0, 0.1) is 0 Å². The van der Waals surface area contributed by atoms with Crippen molar-refractivity contribution in [2.75, 3.05) is 38.9 Å². The van der Waals surface area contributed by atoms with Gasteiger partial charge in [0.25, 0.3) is 0 Å². The SMILES string of the molecule is CCP(=O)(CCP(=O)(CC)c1ccccc1OC)c1ccccc1OC. The highest BCUT2D eigenvalue weighted by atomic mass is 31.2. The predicted octanol–water partition coefficient (Wildman–Crippen LogP) is 4.42. The average Bonchev–Trinajstić information content (AvgIpc) is 2.71. The van der Waals surface area contributed by atoms with Crippen molar-refractivity contribution in [2.24, 2.45) is 0 Å². The highest BCUT2D eigenvalue weighted by molar-refractivity contribution is 7.75. The average molecular weight is 394 g/mol. The Balaban J connectivity index is 2.36. The van der Waals surface area contributed by atoms with Gasteiger partial charge in [0, 0.05) is 24.6 Å². The third kappa shape index (κ3) is 4.24. The molecular weight excluding hydrogens is 366 g/mol. The zero-order chi connectivity index (χ0) is 19.2. The first-order valence-electron chi connectivity index (χ1n) is 8.87. The molecule has 0 aliphatic rings. The minimum Gasteiger partial charge on any atom is -0.496 e. The standard InChI is InChI=1S/C20H28O4P2/c1-5-25(21,19-13-9-7-11-17(19)23-3)15-16-26(22,6-2)20-14-10-8-12-18(20)24-4/h7-14H,5-6,15-16H2,1-4H3. The van der Waals surface area contributed by atoms with E-state index in [-0.39, 0.29) is 0 Å². The van der Waals surface area contributed by atoms with Crippen LogP contribution in [0.1, 0.15) is 13.8 Å². The number of ether oxygens (including phenoxy) is 2. The lowest BCUT2D eigenvalue weighted by Gasteiger charge is -2.24. The van der Waals surface area contributed by atoms with Crippen molar-refractivity contribution in [3.05, 3.63) is 48.5 Å². The highest BCUT2D eigenvalue weighted by Crippen LogP contribution is 2.53. The summed E-state index contributed by atoms with van der Waals surface area (Å²) in [5.74, 6) is 1.28. The molecule has 0 radical (unpaired) electrons. The summed E-state index contributed by atoms with van der Waals surface area (Å²) >= 11 is 0. The third-order valence-electron chi connectivity index (χ3n) is 4.89. The highest BCUT2D eigenvalue weighted by Gasteiger charge is 2.32. The Morgan fingerprint density at radius 1 is 0.692 bits per heavy atom. The maximum Gasteiger partial charge on any atom is 0.129 e. The lowest BCUT2D eigenvalue weighted by molar-refractivity contribution is 0.417. The van der Waals surface area contributed by atoms with Crippen LogP contribution in [0.2, 0.25) is 0 Å². The van der Waals surface area contributed by atoms with Crippen LogP contribution in [0.5, 0.6) is 11.5 Å². The summed E-state index contributed by atoms with van der Waals surface area (Å²) in [6, 6.07) is 14.9. The van der Waals surface area contributed by atoms with Crippen LogP contribution < -0.4 is 20.1 Å². The molecule has 2 aromatic carbocycles. The second kappa shape index (κ2) is 8.93. The summed E-state index contributed by atoms with van der Waals surface area (Å²) in [6.45, 7) is 3.85. The van der Waals surface area contributed by atoms with Crippen molar-refractivity contribution in [3.63, 3.8) is 0 Å². The van der Waals surface area contributed by atoms with Gasteiger partial charge >= 0.3 is 0 Å². The van der Waals surface area contributed by atoms with Crippen molar-refractivity contribution in [2.45, 2.75) is 13.8 Å². The minimum atomic E-state index is -2.70. The van der Waals surface area contributed by atoms with E-state index in [1.807, 2.05) is 62.4 Å². The summed E-state index contributed by atoms with van der Waals surface area (Å²) in [5, 5.41) is 1.49. The Kier molecular flexibility index (Phi) is 7.15. The van der Waals surface area contributed by atoms with E-state index >= 15 is 0 Å². The van der Waals surface area contributed by atoms with Crippen LogP contribution >= 0.6 is 14.3 Å². The van der Waals surface area contributed by atoms with Crippen molar-refractivity contribution in [3.8, 4) is 11.5 Å². The Morgan fingerprint density at radius 3 is 1.35 bits per heavy atom. The van der Waals surface area contributed by atoms with Gasteiger partial charge in [-0.05, 0) is 24.3 Å². The minimum absolute atomic E-state index is 0.396. The number of hydrogen-bond acceptors (Lipinski definition) is 4. The molecule has 0 saturated carbocycles. The molecule has 0 aliphatic heterocycles. The van der Waals surface area contributed by atoms with E-state index < -0.39 is 14.3 Å². The predicted molar refractivity (Wildman–Crippen MR) is 111 cm³/mol. The van der Waals surface area contributed by atoms with Gasteiger partial charge in [-0.2, -0.15) is 0 Å². The van der Waals surface area contributed by atoms with E-state index in [2.05, 4.69) is 0 Å². The van der Waals surface area contributed by atoms with E-state index in [9.17, 15) is 9.13 Å². The third-order valence-corrected chi connectivity index (χ3v) is 11.7. The van der Waals surface area contributed by atoms with Crippen molar-refractivity contribution in [1.82, 2.24) is 0 Å². The second-order valence-corrected chi connectivity index (χ2v) is 12.9. The summed E-state index contributed by atoms with van der Waals surface area (Å²) < 4.78 is 38.2. The monoisotopic (exact) mass is 394 g/mol. The number of para-hydroxylation sites is 2. The largest absolute Gasteiger partial charge is 0.496 e. The van der Waals surface area contributed by atoms with Crippen LogP contribution in [-0.4, -0.2) is 38.9 Å². The number of rotatable bonds is 9. The van der Waals surface area contributed by atoms with Gasteiger partial charge < -0.3 is 18.6 Å². The molecule has 0 aliphatic carbocycles. The van der Waals surface area contributed by atoms with Crippen LogP contribution in [0.15, 0.2) is 48.5 Å². The smallest absolute Gasteiger partial charge is 0.129 e. The topological polar surface area (TPSA) is 52.6 Å². The Bertz CT molecular complexity index is 763. The molecule has 2 atom stereocenters. The van der Waals surface area contributed by atoms with E-state index in [0.717, 1.165) is 10.6 Å². The fraction of sp³-hybridized carbons (Fsp3) is 0.400. The molecule has 2 aromatic rings. The molecule has 6 heteroatoms. The summed E-state index contributed by atoms with van der Waals surface area (Å²) in [6.07, 6.45) is 1.83. The van der Waals surface area contributed by atoms with Crippen LogP contribution in [0.25, 0.3) is 0 Å². The lowest BCUT2D eigenvalue weighted by atomic mass is 10.3. The molecular formula is C20H28O4P2. The molecule has 0 aromatic heterocycles. The zero-order valence-corrected chi connectivity index (χ0v) is 17.8. The first kappa shape index (κ1) is 20.8. The number of benzene rings is 2. The van der Waals surface area contributed by atoms with E-state index in [1.54, 1.807) is 14.2 Å². The Morgan fingerprint density at radius 2 is 1.04 bits per heavy atom. The molecule has 0 bridgehead atoms. The molecule has 2 rings (SSSR count). The normalized spacial score (nSPS) is 15.7. The van der Waals surface area contributed by atoms with E-state index in [4.69, 9.17) is 9.47 Å². The molecule has 0 heterocycles. The fourth-order valence-corrected chi connectivity index (χ4v) is 9.38. The van der Waals surface area contributed by atoms with Gasteiger partial charge in [0.15, 0.2) is 0 Å². The van der Waals surface area contributed by atoms with Crippen molar-refractivity contribution >= 4 is 24.9 Å². The molecule has 0 saturated heterocycles. The maximum absolute atomic E-state index is 13.7. The van der Waals surface area contributed by atoms with E-state index in [1.165, 1.54) is 0 Å². The Hall–Kier alpha value is -1.50. The number of methoxy groups -OCH3 is 2. The van der Waals surface area contributed by atoms with Crippen LogP contribution in [0.3, 0.4) is 0 Å². The molecule has 4 nitrogen and oxygen atoms in total. The lowest BCUT2D eigenvalue weighted by Crippen LogP contribution is -2.18. The Labute approximate surface area is 156 Å². The van der Waals surface area contributed by atoms with Gasteiger partial charge in [0.05, 0.1) is 24.8 Å². The first-order valence-corrected chi connectivity index (χ1v) is 13.0. The van der Waals surface area contributed by atoms with E-state index in [0.29, 0.717) is 36.1 Å². The summed E-state index contributed by atoms with van der Waals surface area (Å²) in [4.78, 5) is 0. The van der Waals surface area contributed by atoms with Crippen LogP contribution in [0.4, 0.5) is 0 Å². The zero-order valence-electron chi connectivity index (χ0n) is 16.0. The van der Waals surface area contributed by atoms with Crippen LogP contribution in [-0.2, 0) is 9.13 Å². The van der Waals surface area contributed by atoms with Crippen molar-refractivity contribution < 1.29 is 18.6 Å². The van der Waals surface area contributed by atoms with Gasteiger partial charge in [0.1, 0.15) is 25.8 Å².